The molecule has 0 saturated carbocycles. The number of nitrogens with one attached hydrogen (secondary N) is 5. The van der Waals surface area contributed by atoms with Gasteiger partial charge in [0, 0.05) is 116 Å². The number of aliphatic carboxylic acids is 7. The minimum Gasteiger partial charge on any atom is -0.481 e. The SMILES string of the molecule is O=C(O)CCCNC(=O)N[C@@H](CCC(=O)CCCCCCCCC(=O)C[C@@H](CCCCNC(=S)Cc1ccc(CC2CN(CC(=O)O)CCN(CC(=O)O)CCN(CC(=O)O)CCN2CC(=O)O)cc1)C(=O)N[C@@H](CCCCNC(=O)OCc1ccccc1)C(=O)O)C(=O)O.O=C=O. The third kappa shape index (κ3) is 42.0. The summed E-state index contributed by atoms with van der Waals surface area (Å²) in [7, 11) is 0. The molecular formula is C66H97N9O22S. The Morgan fingerprint density at radius 3 is 1.56 bits per heavy atom. The maximum Gasteiger partial charge on any atom is 0.407 e. The smallest absolute Gasteiger partial charge is 0.407 e. The number of alkyl carbamates (subject to hydrolysis) is 1. The van der Waals surface area contributed by atoms with Gasteiger partial charge in [0.15, 0.2) is 0 Å². The van der Waals surface area contributed by atoms with E-state index in [1.807, 2.05) is 54.6 Å². The number of Topliss-reactive ketones (excluding diaryl/α,β-unsaturated/α-hetero) is 2. The van der Waals surface area contributed by atoms with Crippen LogP contribution in [0.15, 0.2) is 54.6 Å². The molecule has 2 aromatic rings. The Labute approximate surface area is 574 Å². The van der Waals surface area contributed by atoms with E-state index in [0.717, 1.165) is 36.0 Å². The number of urea groups is 1. The van der Waals surface area contributed by atoms with Crippen LogP contribution in [0, 0.1) is 5.92 Å². The van der Waals surface area contributed by atoms with Gasteiger partial charge in [0.25, 0.3) is 0 Å². The number of carboxylic acid groups (broad SMARTS) is 7. The lowest BCUT2D eigenvalue weighted by atomic mass is 9.92. The molecule has 98 heavy (non-hydrogen) atoms. The zero-order valence-corrected chi connectivity index (χ0v) is 56.2. The van der Waals surface area contributed by atoms with E-state index < -0.39 is 90.4 Å². The fraction of sp³-hybridized carbons (Fsp3) is 0.606. The Kier molecular flexibility index (Phi) is 44.0. The van der Waals surface area contributed by atoms with Crippen LogP contribution in [0.25, 0.3) is 0 Å². The van der Waals surface area contributed by atoms with Crippen molar-refractivity contribution in [2.24, 2.45) is 5.92 Å². The molecule has 0 bridgehead atoms. The van der Waals surface area contributed by atoms with E-state index in [-0.39, 0.29) is 161 Å². The van der Waals surface area contributed by atoms with E-state index in [9.17, 15) is 88.2 Å². The molecule has 32 heteroatoms. The van der Waals surface area contributed by atoms with Gasteiger partial charge in [-0.1, -0.05) is 98.9 Å². The van der Waals surface area contributed by atoms with E-state index >= 15 is 0 Å². The number of hydrogen-bond acceptors (Lipinski definition) is 20. The van der Waals surface area contributed by atoms with Crippen LogP contribution in [-0.2, 0) is 81.7 Å². The standard InChI is InChI=1S/C65H97N9O20S.CO2/c75-51(26-27-54(63(90)91)70-64(92)67-30-14-21-56(77)78)18-8-3-1-2-4-9-19-52(76)39-49(61(87)69-53(62(88)89)20-11-13-29-68-65(93)94-45-48-15-6-5-7-16-48)17-10-12-28-66-55(95)38-47-24-22-46(23-25-47)37-50-40-73(43-59(83)84)34-33-71(41-57(79)80)31-32-72(42-58(81)82)35-36-74(50)44-60(85)86;2-1-3/h5-7,15-16,22-25,49-50,53-54H,1-4,8-14,17-21,26-45H2,(H,66,95)(H,68,93)(H,69,87)(H,77,78)(H,79,80)(H,81,82)(H,83,84)(H,85,86)(H,88,89)(H,90,91)(H2,67,70,92);/t49-,50?,53+,54+;/m1./s1. The first kappa shape index (κ1) is 85.3. The molecule has 1 unspecified atom stereocenters. The molecule has 0 aromatic heterocycles. The van der Waals surface area contributed by atoms with Crippen molar-refractivity contribution in [3.63, 3.8) is 0 Å². The highest BCUT2D eigenvalue weighted by Crippen LogP contribution is 2.20. The number of carbonyl (C=O) groups is 12. The maximum atomic E-state index is 13.9. The fourth-order valence-corrected chi connectivity index (χ4v) is 11.1. The van der Waals surface area contributed by atoms with Crippen molar-refractivity contribution in [2.75, 3.05) is 91.6 Å². The third-order valence-corrected chi connectivity index (χ3v) is 16.2. The van der Waals surface area contributed by atoms with Gasteiger partial charge in [-0.25, -0.2) is 19.2 Å². The van der Waals surface area contributed by atoms with Gasteiger partial charge in [-0.15, -0.1) is 0 Å². The van der Waals surface area contributed by atoms with Gasteiger partial charge < -0.3 is 67.1 Å². The van der Waals surface area contributed by atoms with Gasteiger partial charge in [0.1, 0.15) is 30.3 Å². The van der Waals surface area contributed by atoms with Crippen molar-refractivity contribution in [2.45, 2.75) is 160 Å². The third-order valence-electron chi connectivity index (χ3n) is 15.9. The topological polar surface area (TPSA) is 463 Å². The quantitative estimate of drug-likeness (QED) is 0.0333. The number of benzene rings is 2. The van der Waals surface area contributed by atoms with Crippen LogP contribution in [0.1, 0.15) is 139 Å². The number of carboxylic acids is 7. The van der Waals surface area contributed by atoms with Crippen molar-refractivity contribution in [3.05, 3.63) is 71.3 Å². The van der Waals surface area contributed by atoms with Crippen molar-refractivity contribution >= 4 is 94.7 Å². The minimum atomic E-state index is -1.30. The summed E-state index contributed by atoms with van der Waals surface area (Å²) in [5.41, 5.74) is 2.47. The molecule has 0 aliphatic carbocycles. The molecule has 4 amide bonds. The molecule has 1 fully saturated rings. The number of hydrogen-bond donors (Lipinski definition) is 12. The molecule has 2 aromatic carbocycles. The molecule has 31 nitrogen and oxygen atoms in total. The Morgan fingerprint density at radius 2 is 0.990 bits per heavy atom. The van der Waals surface area contributed by atoms with Crippen molar-refractivity contribution in [1.82, 2.24) is 46.2 Å². The van der Waals surface area contributed by atoms with E-state index in [1.165, 1.54) is 0 Å². The van der Waals surface area contributed by atoms with Crippen LogP contribution in [0.4, 0.5) is 9.59 Å². The lowest BCUT2D eigenvalue weighted by Crippen LogP contribution is -2.53. The second-order valence-corrected chi connectivity index (χ2v) is 24.4. The van der Waals surface area contributed by atoms with Crippen LogP contribution in [-0.4, -0.2) is 248 Å². The first-order chi connectivity index (χ1) is 46.8. The number of unbranched alkanes of at least 4 members (excludes halogenated alkanes) is 7. The average Bonchev–Trinajstić information content (AvgIpc) is 0.924. The highest BCUT2D eigenvalue weighted by Gasteiger charge is 2.30. The number of ketones is 2. The Balaban J connectivity index is 0.0000107. The minimum absolute atomic E-state index is 0.0418. The molecule has 1 aliphatic heterocycles. The molecule has 1 heterocycles. The lowest BCUT2D eigenvalue weighted by molar-refractivity contribution is -0.192. The van der Waals surface area contributed by atoms with Crippen molar-refractivity contribution < 1.29 is 108 Å². The second kappa shape index (κ2) is 50.5. The van der Waals surface area contributed by atoms with Gasteiger partial charge in [0.2, 0.25) is 5.91 Å². The lowest BCUT2D eigenvalue weighted by Gasteiger charge is -2.37. The summed E-state index contributed by atoms with van der Waals surface area (Å²) in [4.78, 5) is 170. The van der Waals surface area contributed by atoms with Crippen LogP contribution in [0.5, 0.6) is 0 Å². The molecule has 4 atom stereocenters. The van der Waals surface area contributed by atoms with Gasteiger partial charge in [-0.05, 0) is 80.9 Å². The van der Waals surface area contributed by atoms with Crippen molar-refractivity contribution in [3.8, 4) is 0 Å². The zero-order valence-electron chi connectivity index (χ0n) is 55.4. The Morgan fingerprint density at radius 1 is 0.490 bits per heavy atom. The molecule has 544 valence electrons. The number of carbonyl (C=O) groups excluding carboxylic acids is 7. The molecule has 1 aliphatic rings. The first-order valence-corrected chi connectivity index (χ1v) is 33.3. The van der Waals surface area contributed by atoms with Crippen LogP contribution in [0.2, 0.25) is 0 Å². The number of ether oxygens (including phenoxy) is 1. The van der Waals surface area contributed by atoms with Crippen LogP contribution < -0.4 is 26.6 Å². The predicted molar refractivity (Wildman–Crippen MR) is 356 cm³/mol. The maximum absolute atomic E-state index is 13.9. The summed E-state index contributed by atoms with van der Waals surface area (Å²) in [6, 6.07) is 12.7. The normalized spacial score (nSPS) is 14.9. The van der Waals surface area contributed by atoms with Gasteiger partial charge in [0.05, 0.1) is 31.2 Å². The predicted octanol–water partition coefficient (Wildman–Crippen LogP) is 3.53. The van der Waals surface area contributed by atoms with E-state index in [2.05, 4.69) is 26.6 Å². The van der Waals surface area contributed by atoms with Crippen LogP contribution >= 0.6 is 12.2 Å². The molecule has 12 N–H and O–H groups in total. The number of amides is 4. The van der Waals surface area contributed by atoms with E-state index in [4.69, 9.17) is 31.7 Å². The largest absolute Gasteiger partial charge is 0.481 e. The van der Waals surface area contributed by atoms with E-state index in [0.29, 0.717) is 69.3 Å². The molecular weight excluding hydrogens is 1300 g/mol. The van der Waals surface area contributed by atoms with Crippen molar-refractivity contribution in [1.29, 1.82) is 0 Å². The first-order valence-electron chi connectivity index (χ1n) is 32.9. The van der Waals surface area contributed by atoms with Gasteiger partial charge in [-0.2, -0.15) is 9.59 Å². The van der Waals surface area contributed by atoms with E-state index in [1.54, 1.807) is 19.6 Å². The summed E-state index contributed by atoms with van der Waals surface area (Å²) in [5.74, 6) is -9.71. The van der Waals surface area contributed by atoms with Crippen LogP contribution in [0.3, 0.4) is 0 Å². The molecule has 0 radical (unpaired) electrons. The Bertz CT molecular complexity index is 2880. The molecule has 3 rings (SSSR count). The number of rotatable bonds is 47. The summed E-state index contributed by atoms with van der Waals surface area (Å²) in [6.07, 6.45) is 6.65. The van der Waals surface area contributed by atoms with Gasteiger partial charge >= 0.3 is 60.1 Å². The molecule has 0 spiro atoms. The summed E-state index contributed by atoms with van der Waals surface area (Å²) >= 11 is 5.70. The number of nitrogens with zero attached hydrogens (tertiary/aromatic N) is 4. The van der Waals surface area contributed by atoms with Gasteiger partial charge in [-0.3, -0.25) is 58.0 Å². The monoisotopic (exact) mass is 1400 g/mol. The number of thiocarbonyl (C=S) groups is 1. The molecule has 1 saturated heterocycles. The Hall–Kier alpha value is -8.81. The average molecular weight is 1400 g/mol. The highest BCUT2D eigenvalue weighted by molar-refractivity contribution is 7.80. The second-order valence-electron chi connectivity index (χ2n) is 23.9. The zero-order chi connectivity index (χ0) is 72.6. The fourth-order valence-electron chi connectivity index (χ4n) is 10.8. The summed E-state index contributed by atoms with van der Waals surface area (Å²) < 4.78 is 5.23. The highest BCUT2D eigenvalue weighted by atomic mass is 32.1. The summed E-state index contributed by atoms with van der Waals surface area (Å²) in [6.45, 7) is 0.388. The summed E-state index contributed by atoms with van der Waals surface area (Å²) in [5, 5.41) is 80.6.